The van der Waals surface area contributed by atoms with Crippen molar-refractivity contribution in [1.29, 1.82) is 0 Å². The number of rotatable bonds is 10. The third-order valence-corrected chi connectivity index (χ3v) is 6.71. The predicted molar refractivity (Wildman–Crippen MR) is 121 cm³/mol. The third-order valence-electron chi connectivity index (χ3n) is 5.23. The Morgan fingerprint density at radius 2 is 1.65 bits per heavy atom. The van der Waals surface area contributed by atoms with Gasteiger partial charge in [0.1, 0.15) is 0 Å². The molecular weight excluding hydrogens is 416 g/mol. The number of hydrogen-bond acceptors (Lipinski definition) is 6. The number of carbonyl (C=O) groups is 1. The van der Waals surface area contributed by atoms with Gasteiger partial charge in [0.15, 0.2) is 0 Å². The molecule has 0 spiro atoms. The first-order chi connectivity index (χ1) is 15.0. The van der Waals surface area contributed by atoms with Crippen LogP contribution in [0.2, 0.25) is 0 Å². The summed E-state index contributed by atoms with van der Waals surface area (Å²) in [6, 6.07) is 16.3. The highest BCUT2D eigenvalue weighted by Crippen LogP contribution is 2.15. The molecule has 1 amide bonds. The van der Waals surface area contributed by atoms with E-state index in [-0.39, 0.29) is 17.3 Å². The van der Waals surface area contributed by atoms with Gasteiger partial charge in [0.2, 0.25) is 10.0 Å². The summed E-state index contributed by atoms with van der Waals surface area (Å²) in [4.78, 5) is 17.2. The molecule has 2 N–H and O–H groups in total. The van der Waals surface area contributed by atoms with Crippen LogP contribution in [0.1, 0.15) is 10.4 Å². The van der Waals surface area contributed by atoms with E-state index in [1.54, 1.807) is 0 Å². The summed E-state index contributed by atoms with van der Waals surface area (Å²) in [6.45, 7) is 5.65. The first-order valence-corrected chi connectivity index (χ1v) is 11.9. The summed E-state index contributed by atoms with van der Waals surface area (Å²) >= 11 is 0. The second-order valence-electron chi connectivity index (χ2n) is 7.34. The van der Waals surface area contributed by atoms with Crippen molar-refractivity contribution in [3.05, 3.63) is 60.2 Å². The van der Waals surface area contributed by atoms with Gasteiger partial charge < -0.3 is 15.0 Å². The molecule has 1 fully saturated rings. The molecule has 8 nitrogen and oxygen atoms in total. The van der Waals surface area contributed by atoms with Crippen molar-refractivity contribution in [3.63, 3.8) is 0 Å². The van der Waals surface area contributed by atoms with Crippen LogP contribution in [-0.2, 0) is 14.8 Å². The number of amides is 1. The maximum atomic E-state index is 12.4. The Morgan fingerprint density at radius 1 is 0.968 bits per heavy atom. The minimum atomic E-state index is -3.60. The molecule has 31 heavy (non-hydrogen) atoms. The number of ether oxygens (including phenoxy) is 1. The largest absolute Gasteiger partial charge is 0.383 e. The summed E-state index contributed by atoms with van der Waals surface area (Å²) in [6.07, 6.45) is 0. The Hall–Kier alpha value is -2.46. The van der Waals surface area contributed by atoms with Crippen LogP contribution >= 0.6 is 0 Å². The van der Waals surface area contributed by atoms with Crippen molar-refractivity contribution in [2.24, 2.45) is 0 Å². The molecule has 0 bridgehead atoms. The summed E-state index contributed by atoms with van der Waals surface area (Å²) in [7, 11) is -2.10. The fourth-order valence-corrected chi connectivity index (χ4v) is 4.46. The molecule has 168 valence electrons. The highest BCUT2D eigenvalue weighted by molar-refractivity contribution is 7.89. The first-order valence-electron chi connectivity index (χ1n) is 10.4. The number of para-hydroxylation sites is 1. The van der Waals surface area contributed by atoms with Gasteiger partial charge in [0, 0.05) is 64.2 Å². The van der Waals surface area contributed by atoms with Crippen LogP contribution in [-0.4, -0.2) is 78.8 Å². The number of nitrogens with one attached hydrogen (secondary N) is 2. The van der Waals surface area contributed by atoms with Gasteiger partial charge in [0.25, 0.3) is 5.91 Å². The van der Waals surface area contributed by atoms with Crippen molar-refractivity contribution >= 4 is 21.6 Å². The number of nitrogens with zero attached hydrogens (tertiary/aromatic N) is 2. The van der Waals surface area contributed by atoms with Gasteiger partial charge in [-0.2, -0.15) is 0 Å². The molecule has 0 atom stereocenters. The maximum Gasteiger partial charge on any atom is 0.251 e. The minimum Gasteiger partial charge on any atom is -0.383 e. The van der Waals surface area contributed by atoms with Gasteiger partial charge in [0.05, 0.1) is 11.5 Å². The minimum absolute atomic E-state index is 0.122. The van der Waals surface area contributed by atoms with E-state index in [1.807, 2.05) is 6.07 Å². The van der Waals surface area contributed by atoms with Crippen LogP contribution in [0.5, 0.6) is 0 Å². The zero-order valence-electron chi connectivity index (χ0n) is 17.8. The van der Waals surface area contributed by atoms with Gasteiger partial charge in [-0.3, -0.25) is 9.69 Å². The lowest BCUT2D eigenvalue weighted by Gasteiger charge is -2.36. The van der Waals surface area contributed by atoms with Crippen LogP contribution in [0.15, 0.2) is 59.5 Å². The molecule has 3 rings (SSSR count). The number of benzene rings is 2. The van der Waals surface area contributed by atoms with Gasteiger partial charge >= 0.3 is 0 Å². The standard InChI is InChI=1S/C22H30N4O4S/c1-30-18-12-24-31(28,29)21-9-7-19(8-10-21)22(27)23-11-13-25-14-16-26(17-15-25)20-5-3-2-4-6-20/h2-10,24H,11-18H2,1H3,(H,23,27). The maximum absolute atomic E-state index is 12.4. The van der Waals surface area contributed by atoms with E-state index in [2.05, 4.69) is 44.1 Å². The lowest BCUT2D eigenvalue weighted by molar-refractivity contribution is 0.0947. The zero-order valence-corrected chi connectivity index (χ0v) is 18.6. The molecule has 1 heterocycles. The van der Waals surface area contributed by atoms with Gasteiger partial charge in [-0.05, 0) is 36.4 Å². The Kier molecular flexibility index (Phi) is 8.42. The van der Waals surface area contributed by atoms with Gasteiger partial charge in [-0.1, -0.05) is 18.2 Å². The van der Waals surface area contributed by atoms with Crippen molar-refractivity contribution in [2.45, 2.75) is 4.90 Å². The molecule has 9 heteroatoms. The van der Waals surface area contributed by atoms with Gasteiger partial charge in [-0.15, -0.1) is 0 Å². The van der Waals surface area contributed by atoms with E-state index in [4.69, 9.17) is 4.74 Å². The molecule has 0 unspecified atom stereocenters. The highest BCUT2D eigenvalue weighted by atomic mass is 32.2. The SMILES string of the molecule is COCCNS(=O)(=O)c1ccc(C(=O)NCCN2CCN(c3ccccc3)CC2)cc1. The van der Waals surface area contributed by atoms with Crippen LogP contribution in [0.3, 0.4) is 0 Å². The first kappa shape index (κ1) is 23.2. The van der Waals surface area contributed by atoms with E-state index in [1.165, 1.54) is 37.1 Å². The molecule has 1 aliphatic heterocycles. The topological polar surface area (TPSA) is 91.0 Å². The Morgan fingerprint density at radius 3 is 2.29 bits per heavy atom. The summed E-state index contributed by atoms with van der Waals surface area (Å²) < 4.78 is 31.6. The number of methoxy groups -OCH3 is 1. The van der Waals surface area contributed by atoms with Crippen LogP contribution in [0.4, 0.5) is 5.69 Å². The average Bonchev–Trinajstić information content (AvgIpc) is 2.80. The summed E-state index contributed by atoms with van der Waals surface area (Å²) in [5, 5.41) is 2.91. The van der Waals surface area contributed by atoms with E-state index in [0.29, 0.717) is 18.7 Å². The number of piperazine rings is 1. The van der Waals surface area contributed by atoms with Crippen LogP contribution in [0.25, 0.3) is 0 Å². The number of carbonyl (C=O) groups excluding carboxylic acids is 1. The smallest absolute Gasteiger partial charge is 0.251 e. The molecule has 2 aromatic carbocycles. The fraction of sp³-hybridized carbons (Fsp3) is 0.409. The lowest BCUT2D eigenvalue weighted by atomic mass is 10.2. The molecule has 0 aromatic heterocycles. The average molecular weight is 447 g/mol. The Balaban J connectivity index is 1.41. The van der Waals surface area contributed by atoms with Crippen molar-refractivity contribution in [1.82, 2.24) is 14.9 Å². The molecular formula is C22H30N4O4S. The molecule has 2 aromatic rings. The fourth-order valence-electron chi connectivity index (χ4n) is 3.44. The van der Waals surface area contributed by atoms with Crippen LogP contribution < -0.4 is 14.9 Å². The lowest BCUT2D eigenvalue weighted by Crippen LogP contribution is -2.48. The molecule has 0 saturated carbocycles. The van der Waals surface area contributed by atoms with Crippen molar-refractivity contribution < 1.29 is 17.9 Å². The van der Waals surface area contributed by atoms with Crippen molar-refractivity contribution in [2.75, 3.05) is 64.4 Å². The normalized spacial score (nSPS) is 15.1. The monoisotopic (exact) mass is 446 g/mol. The Labute approximate surface area is 184 Å². The number of anilines is 1. The Bertz CT molecular complexity index is 928. The second kappa shape index (κ2) is 11.2. The molecule has 1 saturated heterocycles. The second-order valence-corrected chi connectivity index (χ2v) is 9.10. The zero-order chi connectivity index (χ0) is 22.1. The third kappa shape index (κ3) is 6.76. The summed E-state index contributed by atoms with van der Waals surface area (Å²) in [5.74, 6) is -0.209. The molecule has 0 aliphatic carbocycles. The van der Waals surface area contributed by atoms with E-state index < -0.39 is 10.0 Å². The van der Waals surface area contributed by atoms with Crippen molar-refractivity contribution in [3.8, 4) is 0 Å². The molecule has 1 aliphatic rings. The molecule has 0 radical (unpaired) electrons. The summed E-state index contributed by atoms with van der Waals surface area (Å²) in [5.41, 5.74) is 1.68. The quantitative estimate of drug-likeness (QED) is 0.533. The van der Waals surface area contributed by atoms with Crippen LogP contribution in [0, 0.1) is 0 Å². The number of hydrogen-bond donors (Lipinski definition) is 2. The predicted octanol–water partition coefficient (Wildman–Crippen LogP) is 1.16. The van der Waals surface area contributed by atoms with E-state index in [0.717, 1.165) is 32.7 Å². The van der Waals surface area contributed by atoms with E-state index >= 15 is 0 Å². The highest BCUT2D eigenvalue weighted by Gasteiger charge is 2.17. The number of sulfonamides is 1. The van der Waals surface area contributed by atoms with E-state index in [9.17, 15) is 13.2 Å². The van der Waals surface area contributed by atoms with Gasteiger partial charge in [-0.25, -0.2) is 13.1 Å².